The van der Waals surface area contributed by atoms with Crippen molar-refractivity contribution in [3.63, 3.8) is 0 Å². The molecule has 1 amide bonds. The highest BCUT2D eigenvalue weighted by molar-refractivity contribution is 5.76. The van der Waals surface area contributed by atoms with Crippen molar-refractivity contribution in [3.05, 3.63) is 36.5 Å². The van der Waals surface area contributed by atoms with Crippen LogP contribution in [-0.2, 0) is 14.3 Å². The lowest BCUT2D eigenvalue weighted by atomic mass is 9.99. The van der Waals surface area contributed by atoms with Gasteiger partial charge in [-0.1, -0.05) is 217 Å². The molecule has 0 saturated carbocycles. The molecule has 0 aromatic heterocycles. The predicted octanol–water partition coefficient (Wildman–Crippen LogP) is 12.4. The third-order valence-electron chi connectivity index (χ3n) is 12.7. The quantitative estimate of drug-likeness (QED) is 0.0261. The van der Waals surface area contributed by atoms with E-state index in [4.69, 9.17) is 9.47 Å². The van der Waals surface area contributed by atoms with Crippen LogP contribution in [0.15, 0.2) is 36.5 Å². The standard InChI is InChI=1S/C54H101NO8/c1-3-5-7-9-11-13-15-17-19-21-23-24-25-26-27-29-31-33-35-37-39-41-43-48(57)47(46-62-54-53(61)52(60)51(59)49(45-56)63-54)55-50(58)44-42-40-38-36-34-32-30-28-22-20-18-16-14-12-10-8-6-4-2/h20,22,33,35,41,43,47-49,51-54,56-57,59-61H,3-19,21,23-32,34,36-40,42,44-46H2,1-2H3,(H,55,58)/b22-20-,35-33+,43-41+. The SMILES string of the molecule is CCCCCCCCC/C=C\CCCCCCCCCC(=O)NC(COC1OC(CO)C(O)C(O)C1O)C(O)/C=C/CC/C=C/CCCCCCCCCCCCCCCCCC. The first-order chi connectivity index (χ1) is 30.8. The number of carbonyl (C=O) groups excluding carboxylic acids is 1. The molecule has 63 heavy (non-hydrogen) atoms. The van der Waals surface area contributed by atoms with Crippen molar-refractivity contribution >= 4 is 5.91 Å². The Morgan fingerprint density at radius 2 is 0.905 bits per heavy atom. The number of hydrogen-bond acceptors (Lipinski definition) is 8. The number of ether oxygens (including phenoxy) is 2. The summed E-state index contributed by atoms with van der Waals surface area (Å²) >= 11 is 0. The minimum absolute atomic E-state index is 0.190. The van der Waals surface area contributed by atoms with Crippen LogP contribution in [0.1, 0.15) is 245 Å². The van der Waals surface area contributed by atoms with Crippen molar-refractivity contribution < 1.29 is 39.8 Å². The van der Waals surface area contributed by atoms with E-state index in [0.29, 0.717) is 6.42 Å². The summed E-state index contributed by atoms with van der Waals surface area (Å²) in [6.07, 6.45) is 49.1. The van der Waals surface area contributed by atoms with Crippen molar-refractivity contribution in [2.24, 2.45) is 0 Å². The van der Waals surface area contributed by atoms with Crippen LogP contribution in [0.25, 0.3) is 0 Å². The maximum absolute atomic E-state index is 13.0. The molecule has 7 atom stereocenters. The Morgan fingerprint density at radius 3 is 1.33 bits per heavy atom. The van der Waals surface area contributed by atoms with Crippen LogP contribution in [0, 0.1) is 0 Å². The average molecular weight is 892 g/mol. The zero-order chi connectivity index (χ0) is 45.9. The highest BCUT2D eigenvalue weighted by Crippen LogP contribution is 2.23. The molecule has 0 aromatic carbocycles. The van der Waals surface area contributed by atoms with Crippen LogP contribution in [0.2, 0.25) is 0 Å². The molecule has 7 unspecified atom stereocenters. The van der Waals surface area contributed by atoms with E-state index in [1.54, 1.807) is 6.08 Å². The lowest BCUT2D eigenvalue weighted by molar-refractivity contribution is -0.302. The molecule has 9 nitrogen and oxygen atoms in total. The number of aliphatic hydroxyl groups excluding tert-OH is 5. The van der Waals surface area contributed by atoms with Gasteiger partial charge in [-0.05, 0) is 57.8 Å². The van der Waals surface area contributed by atoms with E-state index in [0.717, 1.165) is 51.4 Å². The number of carbonyl (C=O) groups is 1. The first-order valence-electron chi connectivity index (χ1n) is 26.7. The van der Waals surface area contributed by atoms with Crippen LogP contribution in [-0.4, -0.2) is 87.5 Å². The fourth-order valence-electron chi connectivity index (χ4n) is 8.40. The maximum atomic E-state index is 13.0. The second-order valence-corrected chi connectivity index (χ2v) is 18.7. The lowest BCUT2D eigenvalue weighted by Crippen LogP contribution is -2.60. The minimum atomic E-state index is -1.57. The van der Waals surface area contributed by atoms with Crippen molar-refractivity contribution in [1.82, 2.24) is 5.32 Å². The fraction of sp³-hybridized carbons (Fsp3) is 0.870. The van der Waals surface area contributed by atoms with Crippen molar-refractivity contribution in [2.45, 2.75) is 288 Å². The largest absolute Gasteiger partial charge is 0.394 e. The molecule has 9 heteroatoms. The zero-order valence-electron chi connectivity index (χ0n) is 40.8. The Labute approximate surface area is 387 Å². The summed E-state index contributed by atoms with van der Waals surface area (Å²) in [4.78, 5) is 13.0. The van der Waals surface area contributed by atoms with Gasteiger partial charge in [-0.2, -0.15) is 0 Å². The molecular formula is C54H101NO8. The van der Waals surface area contributed by atoms with Gasteiger partial charge in [-0.25, -0.2) is 0 Å². The summed E-state index contributed by atoms with van der Waals surface area (Å²) in [6, 6.07) is -0.823. The van der Waals surface area contributed by atoms with Crippen LogP contribution < -0.4 is 5.32 Å². The molecule has 1 aliphatic rings. The fourth-order valence-corrected chi connectivity index (χ4v) is 8.40. The third kappa shape index (κ3) is 34.4. The van der Waals surface area contributed by atoms with Crippen molar-refractivity contribution in [3.8, 4) is 0 Å². The van der Waals surface area contributed by atoms with E-state index in [9.17, 15) is 30.3 Å². The molecule has 0 radical (unpaired) electrons. The van der Waals surface area contributed by atoms with Gasteiger partial charge in [0.05, 0.1) is 25.4 Å². The van der Waals surface area contributed by atoms with Gasteiger partial charge in [0.2, 0.25) is 5.91 Å². The van der Waals surface area contributed by atoms with Crippen molar-refractivity contribution in [1.29, 1.82) is 0 Å². The van der Waals surface area contributed by atoms with E-state index < -0.39 is 49.5 Å². The molecule has 1 rings (SSSR count). The second-order valence-electron chi connectivity index (χ2n) is 18.7. The average Bonchev–Trinajstić information content (AvgIpc) is 3.28. The Hall–Kier alpha value is -1.59. The number of aliphatic hydroxyl groups is 5. The molecule has 1 fully saturated rings. The van der Waals surface area contributed by atoms with Crippen LogP contribution >= 0.6 is 0 Å². The summed E-state index contributed by atoms with van der Waals surface area (Å²) in [5.41, 5.74) is 0. The zero-order valence-corrected chi connectivity index (χ0v) is 40.8. The summed E-state index contributed by atoms with van der Waals surface area (Å²) in [5, 5.41) is 54.4. The van der Waals surface area contributed by atoms with E-state index in [1.165, 1.54) is 173 Å². The summed E-state index contributed by atoms with van der Waals surface area (Å²) in [5.74, 6) is -0.190. The van der Waals surface area contributed by atoms with E-state index in [1.807, 2.05) is 6.08 Å². The monoisotopic (exact) mass is 892 g/mol. The molecule has 0 aromatic rings. The maximum Gasteiger partial charge on any atom is 0.220 e. The van der Waals surface area contributed by atoms with Gasteiger partial charge >= 0.3 is 0 Å². The molecule has 0 bridgehead atoms. The third-order valence-corrected chi connectivity index (χ3v) is 12.7. The summed E-state index contributed by atoms with van der Waals surface area (Å²) in [7, 11) is 0. The van der Waals surface area contributed by atoms with Crippen LogP contribution in [0.4, 0.5) is 0 Å². The first kappa shape index (κ1) is 59.4. The van der Waals surface area contributed by atoms with Gasteiger partial charge in [-0.15, -0.1) is 0 Å². The lowest BCUT2D eigenvalue weighted by Gasteiger charge is -2.40. The Balaban J connectivity index is 2.30. The molecule has 0 spiro atoms. The molecule has 1 aliphatic heterocycles. The Kier molecular flexibility index (Phi) is 41.7. The van der Waals surface area contributed by atoms with Gasteiger partial charge in [0.1, 0.15) is 24.4 Å². The van der Waals surface area contributed by atoms with Crippen LogP contribution in [0.3, 0.4) is 0 Å². The van der Waals surface area contributed by atoms with Gasteiger partial charge in [0, 0.05) is 6.42 Å². The molecule has 0 aliphatic carbocycles. The van der Waals surface area contributed by atoms with Gasteiger partial charge in [0.15, 0.2) is 6.29 Å². The second kappa shape index (κ2) is 44.3. The van der Waals surface area contributed by atoms with Crippen LogP contribution in [0.5, 0.6) is 0 Å². The van der Waals surface area contributed by atoms with E-state index in [2.05, 4.69) is 43.5 Å². The summed E-state index contributed by atoms with van der Waals surface area (Å²) < 4.78 is 11.2. The number of hydrogen-bond donors (Lipinski definition) is 6. The number of amides is 1. The smallest absolute Gasteiger partial charge is 0.220 e. The minimum Gasteiger partial charge on any atom is -0.394 e. The van der Waals surface area contributed by atoms with Gasteiger partial charge < -0.3 is 40.3 Å². The molecule has 6 N–H and O–H groups in total. The number of rotatable bonds is 45. The molecule has 370 valence electrons. The Bertz CT molecular complexity index is 1080. The highest BCUT2D eigenvalue weighted by Gasteiger charge is 2.44. The van der Waals surface area contributed by atoms with Crippen molar-refractivity contribution in [2.75, 3.05) is 13.2 Å². The summed E-state index contributed by atoms with van der Waals surface area (Å²) in [6.45, 7) is 3.77. The Morgan fingerprint density at radius 1 is 0.524 bits per heavy atom. The number of nitrogens with one attached hydrogen (secondary N) is 1. The molecule has 1 saturated heterocycles. The van der Waals surface area contributed by atoms with E-state index >= 15 is 0 Å². The van der Waals surface area contributed by atoms with E-state index in [-0.39, 0.29) is 12.5 Å². The first-order valence-corrected chi connectivity index (χ1v) is 26.7. The predicted molar refractivity (Wildman–Crippen MR) is 263 cm³/mol. The normalized spacial score (nSPS) is 20.4. The molecular weight excluding hydrogens is 791 g/mol. The number of allylic oxidation sites excluding steroid dienone is 5. The number of unbranched alkanes of at least 4 members (excludes halogenated alkanes) is 31. The highest BCUT2D eigenvalue weighted by atomic mass is 16.7. The topological polar surface area (TPSA) is 149 Å². The van der Waals surface area contributed by atoms with Gasteiger partial charge in [0.25, 0.3) is 0 Å². The van der Waals surface area contributed by atoms with Gasteiger partial charge in [-0.3, -0.25) is 4.79 Å². The molecule has 1 heterocycles.